The fourth-order valence-corrected chi connectivity index (χ4v) is 5.16. The van der Waals surface area contributed by atoms with Crippen LogP contribution in [0.4, 0.5) is 10.1 Å². The number of thiophene rings is 1. The van der Waals surface area contributed by atoms with E-state index < -0.39 is 23.0 Å². The molecule has 2 aromatic rings. The third-order valence-electron chi connectivity index (χ3n) is 4.62. The van der Waals surface area contributed by atoms with Crippen LogP contribution in [0.3, 0.4) is 0 Å². The van der Waals surface area contributed by atoms with Crippen molar-refractivity contribution in [3.8, 4) is 5.06 Å². The molecule has 1 fully saturated rings. The molecule has 1 saturated heterocycles. The summed E-state index contributed by atoms with van der Waals surface area (Å²) in [5.41, 5.74) is 0.383. The molecule has 3 atom stereocenters. The van der Waals surface area contributed by atoms with Crippen molar-refractivity contribution in [1.29, 1.82) is 0 Å². The number of carbonyl (C=O) groups excluding carboxylic acids is 1. The number of amides is 1. The summed E-state index contributed by atoms with van der Waals surface area (Å²) in [7, 11) is 5.57. The van der Waals surface area contributed by atoms with E-state index in [-0.39, 0.29) is 17.0 Å². The van der Waals surface area contributed by atoms with Gasteiger partial charge in [-0.25, -0.2) is 17.6 Å². The van der Waals surface area contributed by atoms with Crippen molar-refractivity contribution < 1.29 is 18.1 Å². The van der Waals surface area contributed by atoms with E-state index in [1.807, 2.05) is 31.1 Å². The van der Waals surface area contributed by atoms with E-state index >= 15 is 0 Å². The zero-order chi connectivity index (χ0) is 21.8. The zero-order valence-corrected chi connectivity index (χ0v) is 19.2. The van der Waals surface area contributed by atoms with Gasteiger partial charge in [0.2, 0.25) is 5.91 Å². The Morgan fingerprint density at radius 1 is 1.43 bits per heavy atom. The van der Waals surface area contributed by atoms with Crippen LogP contribution >= 0.6 is 22.9 Å². The van der Waals surface area contributed by atoms with Gasteiger partial charge in [0.05, 0.1) is 11.1 Å². The molecule has 30 heavy (non-hydrogen) atoms. The van der Waals surface area contributed by atoms with Crippen LogP contribution in [0.25, 0.3) is 0 Å². The van der Waals surface area contributed by atoms with Crippen molar-refractivity contribution in [2.75, 3.05) is 39.6 Å². The van der Waals surface area contributed by atoms with Gasteiger partial charge in [-0.2, -0.15) is 0 Å². The minimum absolute atomic E-state index is 0.0756. The number of nitrogens with one attached hydrogen (secondary N) is 2. The summed E-state index contributed by atoms with van der Waals surface area (Å²) in [6, 6.07) is 6.88. The number of anilines is 1. The van der Waals surface area contributed by atoms with E-state index in [1.165, 1.54) is 33.8 Å². The predicted molar refractivity (Wildman–Crippen MR) is 119 cm³/mol. The van der Waals surface area contributed by atoms with Crippen molar-refractivity contribution in [1.82, 2.24) is 13.9 Å². The minimum atomic E-state index is -1.54. The molecule has 0 radical (unpaired) electrons. The molecule has 0 bridgehead atoms. The molecule has 0 spiro atoms. The van der Waals surface area contributed by atoms with Gasteiger partial charge in [-0.1, -0.05) is 11.6 Å². The molecule has 1 aromatic carbocycles. The Hall–Kier alpha value is -1.56. The Kier molecular flexibility index (Phi) is 7.83. The standard InChI is InChI=1S/C19H24ClFN4O3S2/c1-24(2)8-9-28-18-7-6-17(29-18)15-11-16(25(3)30(27)23-15)19(26)22-12-4-5-14(21)13(20)10-12/h4-7,10,15-16,23H,8-9,11H2,1-3H3,(H,22,26). The van der Waals surface area contributed by atoms with Gasteiger partial charge in [-0.15, -0.1) is 11.3 Å². The molecule has 0 saturated carbocycles. The monoisotopic (exact) mass is 474 g/mol. The van der Waals surface area contributed by atoms with E-state index in [1.54, 1.807) is 7.05 Å². The summed E-state index contributed by atoms with van der Waals surface area (Å²) in [6.07, 6.45) is 0.417. The molecular weight excluding hydrogens is 451 g/mol. The Morgan fingerprint density at radius 2 is 2.20 bits per heavy atom. The molecule has 2 heterocycles. The molecule has 3 unspecified atom stereocenters. The molecule has 11 heteroatoms. The Balaban J connectivity index is 1.67. The topological polar surface area (TPSA) is 73.9 Å². The van der Waals surface area contributed by atoms with Crippen LogP contribution in [0, 0.1) is 5.82 Å². The van der Waals surface area contributed by atoms with Gasteiger partial charge in [0.1, 0.15) is 18.5 Å². The average Bonchev–Trinajstić information content (AvgIpc) is 3.15. The molecule has 1 aliphatic rings. The molecule has 0 aliphatic carbocycles. The summed E-state index contributed by atoms with van der Waals surface area (Å²) in [6.45, 7) is 1.38. The van der Waals surface area contributed by atoms with Gasteiger partial charge < -0.3 is 15.0 Å². The second-order valence-corrected chi connectivity index (χ2v) is 9.94. The Morgan fingerprint density at radius 3 is 2.90 bits per heavy atom. The van der Waals surface area contributed by atoms with E-state index in [2.05, 4.69) is 10.0 Å². The van der Waals surface area contributed by atoms with Gasteiger partial charge in [-0.05, 0) is 50.8 Å². The quantitative estimate of drug-likeness (QED) is 0.647. The molecule has 1 aromatic heterocycles. The lowest BCUT2D eigenvalue weighted by molar-refractivity contribution is -0.120. The summed E-state index contributed by atoms with van der Waals surface area (Å²) in [5, 5.41) is 3.43. The van der Waals surface area contributed by atoms with Crippen LogP contribution in [0.1, 0.15) is 17.3 Å². The Labute approximate surface area is 186 Å². The van der Waals surface area contributed by atoms with E-state index in [9.17, 15) is 13.4 Å². The van der Waals surface area contributed by atoms with Crippen molar-refractivity contribution >= 4 is 45.7 Å². The molecule has 164 valence electrons. The van der Waals surface area contributed by atoms with Crippen molar-refractivity contribution in [3.63, 3.8) is 0 Å². The van der Waals surface area contributed by atoms with Crippen LogP contribution in [0.5, 0.6) is 5.06 Å². The number of likely N-dealkylation sites (N-methyl/N-ethyl adjacent to an activating group) is 2. The first-order chi connectivity index (χ1) is 14.2. The fourth-order valence-electron chi connectivity index (χ4n) is 2.91. The van der Waals surface area contributed by atoms with E-state index in [0.29, 0.717) is 18.7 Å². The Bertz CT molecular complexity index is 927. The van der Waals surface area contributed by atoms with Crippen LogP contribution in [0.15, 0.2) is 30.3 Å². The third kappa shape index (κ3) is 5.77. The second-order valence-electron chi connectivity index (χ2n) is 7.14. The molecule has 3 rings (SSSR count). The van der Waals surface area contributed by atoms with Gasteiger partial charge in [0, 0.05) is 24.2 Å². The van der Waals surface area contributed by atoms with Crippen LogP contribution < -0.4 is 14.8 Å². The lowest BCUT2D eigenvalue weighted by Crippen LogP contribution is -2.52. The summed E-state index contributed by atoms with van der Waals surface area (Å²) in [5.74, 6) is -0.893. The highest BCUT2D eigenvalue weighted by Gasteiger charge is 2.37. The maximum atomic E-state index is 13.3. The number of benzene rings is 1. The fraction of sp³-hybridized carbons (Fsp3) is 0.421. The maximum Gasteiger partial charge on any atom is 0.242 e. The molecular formula is C19H24ClFN4O3S2. The third-order valence-corrected chi connectivity index (χ3v) is 7.29. The van der Waals surface area contributed by atoms with Crippen molar-refractivity contribution in [3.05, 3.63) is 46.0 Å². The number of nitrogens with zero attached hydrogens (tertiary/aromatic N) is 2. The van der Waals surface area contributed by atoms with Crippen molar-refractivity contribution in [2.24, 2.45) is 0 Å². The molecule has 1 aliphatic heterocycles. The molecule has 1 amide bonds. The van der Waals surface area contributed by atoms with E-state index in [0.717, 1.165) is 16.5 Å². The maximum absolute atomic E-state index is 13.3. The average molecular weight is 475 g/mol. The minimum Gasteiger partial charge on any atom is -0.483 e. The van der Waals surface area contributed by atoms with Crippen LogP contribution in [-0.2, 0) is 16.0 Å². The number of hydrogen-bond acceptors (Lipinski definition) is 5. The second kappa shape index (κ2) is 10.2. The summed E-state index contributed by atoms with van der Waals surface area (Å²) in [4.78, 5) is 15.8. The number of rotatable bonds is 7. The van der Waals surface area contributed by atoms with Gasteiger partial charge in [0.15, 0.2) is 16.2 Å². The van der Waals surface area contributed by atoms with Gasteiger partial charge in [-0.3, -0.25) is 4.79 Å². The smallest absolute Gasteiger partial charge is 0.242 e. The largest absolute Gasteiger partial charge is 0.483 e. The number of halogens is 2. The molecule has 2 N–H and O–H groups in total. The normalized spacial score (nSPS) is 22.3. The highest BCUT2D eigenvalue weighted by Crippen LogP contribution is 2.34. The van der Waals surface area contributed by atoms with Gasteiger partial charge >= 0.3 is 0 Å². The lowest BCUT2D eigenvalue weighted by Gasteiger charge is -2.35. The van der Waals surface area contributed by atoms with Crippen molar-refractivity contribution in [2.45, 2.75) is 18.5 Å². The first kappa shape index (κ1) is 23.1. The first-order valence-electron chi connectivity index (χ1n) is 9.28. The highest BCUT2D eigenvalue weighted by molar-refractivity contribution is 7.80. The van der Waals surface area contributed by atoms with Crippen LogP contribution in [-0.4, -0.2) is 59.7 Å². The number of ether oxygens (including phenoxy) is 1. The SMILES string of the molecule is CN(C)CCOc1ccc(C2CC(C(=O)Nc3ccc(F)c(Cl)c3)N(C)S(=O)N2)s1. The lowest BCUT2D eigenvalue weighted by atomic mass is 10.1. The first-order valence-corrected chi connectivity index (χ1v) is 11.6. The highest BCUT2D eigenvalue weighted by atomic mass is 35.5. The molecule has 7 nitrogen and oxygen atoms in total. The zero-order valence-electron chi connectivity index (χ0n) is 16.9. The number of hydrogen-bond donors (Lipinski definition) is 2. The summed E-state index contributed by atoms with van der Waals surface area (Å²) >= 11 is 5.72. The summed E-state index contributed by atoms with van der Waals surface area (Å²) < 4.78 is 36.1. The van der Waals surface area contributed by atoms with Gasteiger partial charge in [0.25, 0.3) is 0 Å². The predicted octanol–water partition coefficient (Wildman–Crippen LogP) is 3.03. The number of carbonyl (C=O) groups is 1. The van der Waals surface area contributed by atoms with Crippen LogP contribution in [0.2, 0.25) is 5.02 Å². The van der Waals surface area contributed by atoms with E-state index in [4.69, 9.17) is 16.3 Å².